The first-order chi connectivity index (χ1) is 10.1. The Morgan fingerprint density at radius 3 is 2.67 bits per heavy atom. The molecule has 0 aliphatic heterocycles. The molecule has 0 aliphatic carbocycles. The van der Waals surface area contributed by atoms with E-state index in [1.165, 1.54) is 0 Å². The first-order valence-electron chi connectivity index (χ1n) is 6.65. The summed E-state index contributed by atoms with van der Waals surface area (Å²) in [5.74, 6) is 0. The molecule has 1 aromatic carbocycles. The van der Waals surface area contributed by atoms with E-state index in [4.69, 9.17) is 4.74 Å². The summed E-state index contributed by atoms with van der Waals surface area (Å²) in [4.78, 5) is 16.0. The van der Waals surface area contributed by atoms with Crippen LogP contribution in [0, 0.1) is 13.8 Å². The lowest BCUT2D eigenvalue weighted by atomic mass is 10.1. The Labute approximate surface area is 123 Å². The number of pyridine rings is 1. The predicted octanol–water partition coefficient (Wildman–Crippen LogP) is 2.94. The van der Waals surface area contributed by atoms with Gasteiger partial charge in [-0.1, -0.05) is 30.3 Å². The number of benzene rings is 1. The van der Waals surface area contributed by atoms with Crippen LogP contribution < -0.4 is 5.32 Å². The van der Waals surface area contributed by atoms with E-state index in [0.29, 0.717) is 11.4 Å². The van der Waals surface area contributed by atoms with Gasteiger partial charge in [0.2, 0.25) is 0 Å². The third-order valence-electron chi connectivity index (χ3n) is 3.21. The highest BCUT2D eigenvalue weighted by Crippen LogP contribution is 2.22. The molecule has 2 N–H and O–H groups in total. The molecule has 0 saturated carbocycles. The lowest BCUT2D eigenvalue weighted by Crippen LogP contribution is -2.16. The van der Waals surface area contributed by atoms with E-state index in [1.807, 2.05) is 37.3 Å². The number of carbonyl (C=O) groups excluding carboxylic acids is 1. The van der Waals surface area contributed by atoms with Crippen LogP contribution >= 0.6 is 0 Å². The van der Waals surface area contributed by atoms with E-state index < -0.39 is 6.09 Å². The molecule has 0 fully saturated rings. The topological polar surface area (TPSA) is 71.5 Å². The Hall–Kier alpha value is -2.40. The molecule has 5 heteroatoms. The molecule has 0 bridgehead atoms. The van der Waals surface area contributed by atoms with Gasteiger partial charge in [0.15, 0.2) is 0 Å². The fourth-order valence-corrected chi connectivity index (χ4v) is 1.99. The zero-order valence-corrected chi connectivity index (χ0v) is 12.1. The van der Waals surface area contributed by atoms with Gasteiger partial charge in [-0.3, -0.25) is 10.3 Å². The molecule has 0 saturated heterocycles. The number of aliphatic hydroxyl groups excluding tert-OH is 1. The molecule has 21 heavy (non-hydrogen) atoms. The van der Waals surface area contributed by atoms with Gasteiger partial charge < -0.3 is 9.84 Å². The lowest BCUT2D eigenvalue weighted by Gasteiger charge is -2.13. The van der Waals surface area contributed by atoms with Crippen molar-refractivity contribution >= 4 is 11.8 Å². The normalized spacial score (nSPS) is 10.2. The van der Waals surface area contributed by atoms with Gasteiger partial charge >= 0.3 is 6.09 Å². The zero-order chi connectivity index (χ0) is 15.2. The van der Waals surface area contributed by atoms with E-state index in [9.17, 15) is 9.90 Å². The van der Waals surface area contributed by atoms with Crippen molar-refractivity contribution in [1.29, 1.82) is 0 Å². The molecule has 0 spiro atoms. The van der Waals surface area contributed by atoms with Gasteiger partial charge in [-0.15, -0.1) is 0 Å². The van der Waals surface area contributed by atoms with Gasteiger partial charge in [-0.05, 0) is 30.5 Å². The minimum Gasteiger partial charge on any atom is -0.444 e. The van der Waals surface area contributed by atoms with Gasteiger partial charge in [0.1, 0.15) is 6.61 Å². The number of ether oxygens (including phenoxy) is 1. The number of hydrogen-bond donors (Lipinski definition) is 2. The van der Waals surface area contributed by atoms with Gasteiger partial charge in [0, 0.05) is 6.20 Å². The summed E-state index contributed by atoms with van der Waals surface area (Å²) < 4.78 is 5.18. The van der Waals surface area contributed by atoms with Crippen LogP contribution in [-0.4, -0.2) is 16.2 Å². The zero-order valence-electron chi connectivity index (χ0n) is 12.1. The van der Waals surface area contributed by atoms with Gasteiger partial charge in [0.05, 0.1) is 18.0 Å². The molecule has 0 aliphatic rings. The van der Waals surface area contributed by atoms with Crippen molar-refractivity contribution in [2.75, 3.05) is 5.32 Å². The average molecular weight is 286 g/mol. The molecule has 0 atom stereocenters. The number of nitrogens with one attached hydrogen (secondary N) is 1. The second-order valence-corrected chi connectivity index (χ2v) is 4.73. The second-order valence-electron chi connectivity index (χ2n) is 4.73. The first kappa shape index (κ1) is 15.0. The molecule has 5 nitrogen and oxygen atoms in total. The molecular weight excluding hydrogens is 268 g/mol. The third kappa shape index (κ3) is 3.79. The number of aryl methyl sites for hydroxylation is 1. The third-order valence-corrected chi connectivity index (χ3v) is 3.21. The Morgan fingerprint density at radius 2 is 2.00 bits per heavy atom. The number of amides is 1. The van der Waals surface area contributed by atoms with Crippen LogP contribution in [0.3, 0.4) is 0 Å². The SMILES string of the molecule is Cc1cnc(CO)c(C)c1NC(=O)OCc1ccccc1. The van der Waals surface area contributed by atoms with Gasteiger partial charge in [0.25, 0.3) is 0 Å². The fraction of sp³-hybridized carbons (Fsp3) is 0.250. The van der Waals surface area contributed by atoms with Crippen LogP contribution in [-0.2, 0) is 18.0 Å². The number of hydrogen-bond acceptors (Lipinski definition) is 4. The summed E-state index contributed by atoms with van der Waals surface area (Å²) in [5.41, 5.74) is 3.66. The maximum Gasteiger partial charge on any atom is 0.411 e. The summed E-state index contributed by atoms with van der Waals surface area (Å²) in [6.45, 7) is 3.69. The van der Waals surface area contributed by atoms with Gasteiger partial charge in [-0.2, -0.15) is 0 Å². The Kier molecular flexibility index (Phi) is 4.90. The molecule has 0 radical (unpaired) electrons. The van der Waals surface area contributed by atoms with Crippen LogP contribution in [0.15, 0.2) is 36.5 Å². The lowest BCUT2D eigenvalue weighted by molar-refractivity contribution is 0.155. The number of carbonyl (C=O) groups is 1. The van der Waals surface area contributed by atoms with Gasteiger partial charge in [-0.25, -0.2) is 4.79 Å². The van der Waals surface area contributed by atoms with Crippen molar-refractivity contribution in [2.24, 2.45) is 0 Å². The van der Waals surface area contributed by atoms with Crippen molar-refractivity contribution in [3.8, 4) is 0 Å². The van der Waals surface area contributed by atoms with Crippen LogP contribution in [0.1, 0.15) is 22.4 Å². The quantitative estimate of drug-likeness (QED) is 0.906. The van der Waals surface area contributed by atoms with E-state index in [0.717, 1.165) is 16.7 Å². The van der Waals surface area contributed by atoms with Crippen molar-refractivity contribution in [3.05, 3.63) is 58.9 Å². The maximum absolute atomic E-state index is 11.9. The number of rotatable bonds is 4. The first-order valence-corrected chi connectivity index (χ1v) is 6.65. The number of anilines is 1. The number of nitrogens with zero attached hydrogens (tertiary/aromatic N) is 1. The summed E-state index contributed by atoms with van der Waals surface area (Å²) in [6, 6.07) is 9.46. The van der Waals surface area contributed by atoms with Crippen LogP contribution in [0.4, 0.5) is 10.5 Å². The summed E-state index contributed by atoms with van der Waals surface area (Å²) >= 11 is 0. The molecule has 1 amide bonds. The van der Waals surface area contributed by atoms with Crippen molar-refractivity contribution in [1.82, 2.24) is 4.98 Å². The number of aromatic nitrogens is 1. The summed E-state index contributed by atoms with van der Waals surface area (Å²) in [5, 5.41) is 11.9. The Morgan fingerprint density at radius 1 is 1.29 bits per heavy atom. The average Bonchev–Trinajstić information content (AvgIpc) is 2.50. The molecule has 2 aromatic rings. The predicted molar refractivity (Wildman–Crippen MR) is 79.9 cm³/mol. The van der Waals surface area contributed by atoms with Crippen LogP contribution in [0.5, 0.6) is 0 Å². The smallest absolute Gasteiger partial charge is 0.411 e. The monoisotopic (exact) mass is 286 g/mol. The molecule has 110 valence electrons. The highest BCUT2D eigenvalue weighted by Gasteiger charge is 2.12. The standard InChI is InChI=1S/C16H18N2O3/c1-11-8-17-14(9-19)12(2)15(11)18-16(20)21-10-13-6-4-3-5-7-13/h3-8,19H,9-10H2,1-2H3,(H,17,18,20). The molecule has 1 aromatic heterocycles. The highest BCUT2D eigenvalue weighted by molar-refractivity contribution is 5.86. The summed E-state index contributed by atoms with van der Waals surface area (Å²) in [7, 11) is 0. The highest BCUT2D eigenvalue weighted by atomic mass is 16.5. The van der Waals surface area contributed by atoms with Crippen molar-refractivity contribution < 1.29 is 14.6 Å². The van der Waals surface area contributed by atoms with E-state index in [2.05, 4.69) is 10.3 Å². The van der Waals surface area contributed by atoms with Crippen molar-refractivity contribution in [2.45, 2.75) is 27.1 Å². The maximum atomic E-state index is 11.9. The fourth-order valence-electron chi connectivity index (χ4n) is 1.99. The van der Waals surface area contributed by atoms with E-state index >= 15 is 0 Å². The Bertz CT molecular complexity index is 627. The van der Waals surface area contributed by atoms with Crippen molar-refractivity contribution in [3.63, 3.8) is 0 Å². The Balaban J connectivity index is 2.03. The minimum absolute atomic E-state index is 0.167. The molecule has 2 rings (SSSR count). The van der Waals surface area contributed by atoms with E-state index in [-0.39, 0.29) is 13.2 Å². The van der Waals surface area contributed by atoms with E-state index in [1.54, 1.807) is 13.1 Å². The largest absolute Gasteiger partial charge is 0.444 e. The summed E-state index contributed by atoms with van der Waals surface area (Å²) in [6.07, 6.45) is 1.09. The minimum atomic E-state index is -0.528. The molecule has 1 heterocycles. The van der Waals surface area contributed by atoms with Crippen LogP contribution in [0.2, 0.25) is 0 Å². The number of aliphatic hydroxyl groups is 1. The molecular formula is C16H18N2O3. The molecule has 0 unspecified atom stereocenters. The van der Waals surface area contributed by atoms with Crippen LogP contribution in [0.25, 0.3) is 0 Å². The second kappa shape index (κ2) is 6.85.